The Morgan fingerprint density at radius 1 is 1.11 bits per heavy atom. The number of carbonyl (C=O) groups excluding carboxylic acids is 1. The maximum absolute atomic E-state index is 13.7. The highest BCUT2D eigenvalue weighted by atomic mass is 32.2. The zero-order valence-corrected chi connectivity index (χ0v) is 17.4. The molecule has 0 radical (unpaired) electrons. The Morgan fingerprint density at radius 2 is 1.79 bits per heavy atom. The van der Waals surface area contributed by atoms with Crippen molar-refractivity contribution in [3.05, 3.63) is 65.0 Å². The molecule has 1 aliphatic carbocycles. The van der Waals surface area contributed by atoms with E-state index in [1.165, 1.54) is 17.0 Å². The second kappa shape index (κ2) is 7.66. The van der Waals surface area contributed by atoms with Crippen LogP contribution >= 0.6 is 0 Å². The Labute approximate surface area is 166 Å². The van der Waals surface area contributed by atoms with Gasteiger partial charge in [-0.2, -0.15) is 0 Å². The van der Waals surface area contributed by atoms with Gasteiger partial charge in [-0.25, -0.2) is 12.8 Å². The lowest BCUT2D eigenvalue weighted by molar-refractivity contribution is -0.133. The van der Waals surface area contributed by atoms with Gasteiger partial charge in [0.15, 0.2) is 14.6 Å². The second-order valence-electron chi connectivity index (χ2n) is 7.76. The topological polar surface area (TPSA) is 54.5 Å². The van der Waals surface area contributed by atoms with E-state index in [-0.39, 0.29) is 17.3 Å². The molecule has 1 aliphatic rings. The molecule has 0 spiro atoms. The average molecular weight is 404 g/mol. The fourth-order valence-corrected chi connectivity index (χ4v) is 6.55. The molecule has 0 aromatic heterocycles. The van der Waals surface area contributed by atoms with E-state index in [9.17, 15) is 17.6 Å². The van der Waals surface area contributed by atoms with E-state index in [1.807, 2.05) is 13.0 Å². The molecule has 0 aliphatic heterocycles. The molecule has 0 saturated heterocycles. The van der Waals surface area contributed by atoms with Crippen LogP contribution in [0.5, 0.6) is 0 Å². The molecule has 0 heterocycles. The number of sulfone groups is 1. The third kappa shape index (κ3) is 3.58. The first kappa shape index (κ1) is 20.5. The molecule has 0 atom stereocenters. The zero-order chi connectivity index (χ0) is 20.5. The quantitative estimate of drug-likeness (QED) is 0.752. The van der Waals surface area contributed by atoms with Crippen molar-refractivity contribution in [3.63, 3.8) is 0 Å². The lowest BCUT2D eigenvalue weighted by Crippen LogP contribution is -2.51. The first-order valence-electron chi connectivity index (χ1n) is 9.49. The van der Waals surface area contributed by atoms with Crippen LogP contribution in [0.15, 0.2) is 47.4 Å². The summed E-state index contributed by atoms with van der Waals surface area (Å²) in [6.45, 7) is 3.77. The van der Waals surface area contributed by atoms with Crippen molar-refractivity contribution in [1.29, 1.82) is 0 Å². The standard InChI is InChI=1S/C22H26FNO3S/c1-16-9-10-17(2)20(13-16)28(26,27)22(11-4-5-12-22)21(25)24(3)15-18-7-6-8-19(23)14-18/h6-10,13-14H,4-5,11-12,15H2,1-3H3. The Balaban J connectivity index is 1.99. The van der Waals surface area contributed by atoms with E-state index in [0.717, 1.165) is 5.56 Å². The second-order valence-corrected chi connectivity index (χ2v) is 9.99. The number of nitrogens with zero attached hydrogens (tertiary/aromatic N) is 1. The van der Waals surface area contributed by atoms with Crippen molar-refractivity contribution in [3.8, 4) is 0 Å². The molecule has 0 bridgehead atoms. The van der Waals surface area contributed by atoms with Crippen LogP contribution in [0.4, 0.5) is 4.39 Å². The number of hydrogen-bond acceptors (Lipinski definition) is 3. The molecule has 6 heteroatoms. The van der Waals surface area contributed by atoms with Crippen molar-refractivity contribution in [2.24, 2.45) is 0 Å². The van der Waals surface area contributed by atoms with Gasteiger partial charge in [0.2, 0.25) is 5.91 Å². The minimum atomic E-state index is -3.86. The summed E-state index contributed by atoms with van der Waals surface area (Å²) < 4.78 is 39.4. The van der Waals surface area contributed by atoms with E-state index >= 15 is 0 Å². The molecule has 4 nitrogen and oxygen atoms in total. The van der Waals surface area contributed by atoms with E-state index in [4.69, 9.17) is 0 Å². The highest BCUT2D eigenvalue weighted by Gasteiger charge is 2.54. The average Bonchev–Trinajstić information content (AvgIpc) is 3.14. The van der Waals surface area contributed by atoms with Crippen LogP contribution in [0.25, 0.3) is 0 Å². The molecule has 150 valence electrons. The summed E-state index contributed by atoms with van der Waals surface area (Å²) in [5.41, 5.74) is 2.13. The predicted molar refractivity (Wildman–Crippen MR) is 107 cm³/mol. The van der Waals surface area contributed by atoms with Gasteiger partial charge in [0, 0.05) is 13.6 Å². The van der Waals surface area contributed by atoms with Gasteiger partial charge in [0.25, 0.3) is 0 Å². The number of halogens is 1. The number of carbonyl (C=O) groups is 1. The van der Waals surface area contributed by atoms with E-state index in [1.54, 1.807) is 38.2 Å². The number of benzene rings is 2. The van der Waals surface area contributed by atoms with Gasteiger partial charge in [0.1, 0.15) is 5.82 Å². The maximum atomic E-state index is 13.7. The van der Waals surface area contributed by atoms with Gasteiger partial charge in [-0.3, -0.25) is 4.79 Å². The monoisotopic (exact) mass is 403 g/mol. The maximum Gasteiger partial charge on any atom is 0.244 e. The summed E-state index contributed by atoms with van der Waals surface area (Å²) in [6, 6.07) is 11.3. The van der Waals surface area contributed by atoms with Crippen molar-refractivity contribution < 1.29 is 17.6 Å². The van der Waals surface area contributed by atoms with Crippen LogP contribution < -0.4 is 0 Å². The van der Waals surface area contributed by atoms with Crippen LogP contribution in [0.3, 0.4) is 0 Å². The first-order chi connectivity index (χ1) is 13.2. The van der Waals surface area contributed by atoms with E-state index in [2.05, 4.69) is 0 Å². The molecule has 0 unspecified atom stereocenters. The molecule has 1 saturated carbocycles. The Morgan fingerprint density at radius 3 is 2.43 bits per heavy atom. The van der Waals surface area contributed by atoms with Crippen LogP contribution in [-0.2, 0) is 21.2 Å². The number of hydrogen-bond donors (Lipinski definition) is 0. The summed E-state index contributed by atoms with van der Waals surface area (Å²) in [6.07, 6.45) is 2.03. The van der Waals surface area contributed by atoms with E-state index in [0.29, 0.717) is 36.8 Å². The van der Waals surface area contributed by atoms with Gasteiger partial charge >= 0.3 is 0 Å². The van der Waals surface area contributed by atoms with Crippen molar-refractivity contribution in [2.45, 2.75) is 55.7 Å². The van der Waals surface area contributed by atoms with Crippen molar-refractivity contribution in [1.82, 2.24) is 4.90 Å². The van der Waals surface area contributed by atoms with Crippen LogP contribution in [0, 0.1) is 19.7 Å². The highest BCUT2D eigenvalue weighted by Crippen LogP contribution is 2.43. The SMILES string of the molecule is Cc1ccc(C)c(S(=O)(=O)C2(C(=O)N(C)Cc3cccc(F)c3)CCCC2)c1. The Bertz CT molecular complexity index is 995. The molecule has 28 heavy (non-hydrogen) atoms. The summed E-state index contributed by atoms with van der Waals surface area (Å²) >= 11 is 0. The third-order valence-electron chi connectivity index (χ3n) is 5.60. The number of rotatable bonds is 5. The fraction of sp³-hybridized carbons (Fsp3) is 0.409. The summed E-state index contributed by atoms with van der Waals surface area (Å²) in [7, 11) is -2.27. The molecule has 2 aromatic carbocycles. The molecule has 1 fully saturated rings. The zero-order valence-electron chi connectivity index (χ0n) is 16.5. The third-order valence-corrected chi connectivity index (χ3v) is 8.23. The minimum absolute atomic E-state index is 0.167. The summed E-state index contributed by atoms with van der Waals surface area (Å²) in [4.78, 5) is 15.1. The van der Waals surface area contributed by atoms with Gasteiger partial charge in [0.05, 0.1) is 4.90 Å². The Kier molecular flexibility index (Phi) is 5.62. The number of amides is 1. The molecule has 1 amide bonds. The molecule has 3 rings (SSSR count). The molecular weight excluding hydrogens is 377 g/mol. The largest absolute Gasteiger partial charge is 0.340 e. The van der Waals surface area contributed by atoms with Crippen LogP contribution in [-0.4, -0.2) is 31.0 Å². The lowest BCUT2D eigenvalue weighted by Gasteiger charge is -2.32. The van der Waals surface area contributed by atoms with E-state index < -0.39 is 20.5 Å². The van der Waals surface area contributed by atoms with Gasteiger partial charge in [-0.1, -0.05) is 37.1 Å². The summed E-state index contributed by atoms with van der Waals surface area (Å²) in [5.74, 6) is -0.785. The van der Waals surface area contributed by atoms with Crippen LogP contribution in [0.1, 0.15) is 42.4 Å². The normalized spacial score (nSPS) is 16.1. The lowest BCUT2D eigenvalue weighted by atomic mass is 10.1. The smallest absolute Gasteiger partial charge is 0.244 e. The fourth-order valence-electron chi connectivity index (χ4n) is 4.08. The van der Waals surface area contributed by atoms with Crippen LogP contribution in [0.2, 0.25) is 0 Å². The van der Waals surface area contributed by atoms with Gasteiger partial charge in [-0.15, -0.1) is 0 Å². The first-order valence-corrected chi connectivity index (χ1v) is 11.0. The van der Waals surface area contributed by atoms with Crippen molar-refractivity contribution >= 4 is 15.7 Å². The van der Waals surface area contributed by atoms with Gasteiger partial charge in [-0.05, 0) is 61.6 Å². The Hall–Kier alpha value is -2.21. The number of aryl methyl sites for hydroxylation is 2. The molecular formula is C22H26FNO3S. The predicted octanol–water partition coefficient (Wildman–Crippen LogP) is 4.19. The summed E-state index contributed by atoms with van der Waals surface area (Å²) in [5, 5.41) is 0. The molecule has 2 aromatic rings. The highest BCUT2D eigenvalue weighted by molar-refractivity contribution is 7.93. The molecule has 0 N–H and O–H groups in total. The van der Waals surface area contributed by atoms with Crippen molar-refractivity contribution in [2.75, 3.05) is 7.05 Å². The van der Waals surface area contributed by atoms with Gasteiger partial charge < -0.3 is 4.90 Å². The minimum Gasteiger partial charge on any atom is -0.340 e.